The molecule has 0 bridgehead atoms. The van der Waals surface area contributed by atoms with Crippen molar-refractivity contribution in [2.24, 2.45) is 0 Å². The van der Waals surface area contributed by atoms with Crippen LogP contribution in [0.1, 0.15) is 0 Å². The first-order chi connectivity index (χ1) is 8.93. The number of hydrogen-bond acceptors (Lipinski definition) is 6. The van der Waals surface area contributed by atoms with E-state index in [1.54, 1.807) is 24.8 Å². The molecule has 0 radical (unpaired) electrons. The van der Waals surface area contributed by atoms with E-state index >= 15 is 0 Å². The minimum absolute atomic E-state index is 0.482. The highest BCUT2D eigenvalue weighted by Gasteiger charge is 2.05. The summed E-state index contributed by atoms with van der Waals surface area (Å²) in [5, 5.41) is 16.2. The SMILES string of the molecule is c1cc(-c2nnc(-c3ccncc3)nn2)ccn1. The van der Waals surface area contributed by atoms with Crippen LogP contribution in [0.4, 0.5) is 0 Å². The van der Waals surface area contributed by atoms with Gasteiger partial charge in [0.2, 0.25) is 11.6 Å². The highest BCUT2D eigenvalue weighted by Crippen LogP contribution is 2.14. The third-order valence-corrected chi connectivity index (χ3v) is 2.36. The summed E-state index contributed by atoms with van der Waals surface area (Å²) in [5.74, 6) is 0.963. The average Bonchev–Trinajstić information content (AvgIpc) is 2.49. The van der Waals surface area contributed by atoms with Crippen LogP contribution in [0.15, 0.2) is 49.1 Å². The van der Waals surface area contributed by atoms with Gasteiger partial charge >= 0.3 is 0 Å². The molecule has 0 aliphatic heterocycles. The molecule has 0 aliphatic carbocycles. The Balaban J connectivity index is 1.95. The standard InChI is InChI=1S/C12H8N6/c1-5-13-6-2-9(1)11-15-17-12(18-16-11)10-3-7-14-8-4-10/h1-8H. The summed E-state index contributed by atoms with van der Waals surface area (Å²) in [5.41, 5.74) is 1.68. The lowest BCUT2D eigenvalue weighted by Gasteiger charge is -1.99. The van der Waals surface area contributed by atoms with Crippen LogP contribution in [0.5, 0.6) is 0 Å². The molecule has 0 spiro atoms. The maximum Gasteiger partial charge on any atom is 0.203 e. The van der Waals surface area contributed by atoms with Gasteiger partial charge in [-0.2, -0.15) is 0 Å². The molecule has 0 aromatic carbocycles. The Morgan fingerprint density at radius 3 is 1.17 bits per heavy atom. The smallest absolute Gasteiger partial charge is 0.203 e. The summed E-state index contributed by atoms with van der Waals surface area (Å²) < 4.78 is 0. The number of rotatable bonds is 2. The third-order valence-electron chi connectivity index (χ3n) is 2.36. The van der Waals surface area contributed by atoms with E-state index in [2.05, 4.69) is 30.4 Å². The molecule has 6 heteroatoms. The molecule has 3 aromatic heterocycles. The van der Waals surface area contributed by atoms with Crippen LogP contribution in [0, 0.1) is 0 Å². The predicted octanol–water partition coefficient (Wildman–Crippen LogP) is 1.39. The van der Waals surface area contributed by atoms with Gasteiger partial charge in [-0.1, -0.05) is 0 Å². The van der Waals surface area contributed by atoms with Crippen LogP contribution < -0.4 is 0 Å². The molecular formula is C12H8N6. The molecule has 86 valence electrons. The third kappa shape index (κ3) is 2.03. The molecule has 0 aliphatic rings. The number of nitrogens with zero attached hydrogens (tertiary/aromatic N) is 6. The summed E-state index contributed by atoms with van der Waals surface area (Å²) in [4.78, 5) is 7.87. The predicted molar refractivity (Wildman–Crippen MR) is 64.1 cm³/mol. The second kappa shape index (κ2) is 4.62. The lowest BCUT2D eigenvalue weighted by Crippen LogP contribution is -1.99. The van der Waals surface area contributed by atoms with Crippen molar-refractivity contribution in [2.75, 3.05) is 0 Å². The molecule has 0 N–H and O–H groups in total. The Morgan fingerprint density at radius 1 is 0.500 bits per heavy atom. The Hall–Kier alpha value is -2.76. The van der Waals surface area contributed by atoms with E-state index in [0.717, 1.165) is 11.1 Å². The molecule has 0 atom stereocenters. The minimum Gasteiger partial charge on any atom is -0.265 e. The molecule has 18 heavy (non-hydrogen) atoms. The van der Waals surface area contributed by atoms with Crippen molar-refractivity contribution in [3.63, 3.8) is 0 Å². The van der Waals surface area contributed by atoms with Crippen LogP contribution in [-0.2, 0) is 0 Å². The highest BCUT2D eigenvalue weighted by molar-refractivity contribution is 5.55. The Kier molecular flexibility index (Phi) is 2.67. The van der Waals surface area contributed by atoms with E-state index in [-0.39, 0.29) is 0 Å². The second-order valence-corrected chi connectivity index (χ2v) is 3.52. The van der Waals surface area contributed by atoms with Gasteiger partial charge < -0.3 is 0 Å². The zero-order valence-corrected chi connectivity index (χ0v) is 9.30. The first-order valence-corrected chi connectivity index (χ1v) is 5.32. The first kappa shape index (κ1) is 10.4. The van der Waals surface area contributed by atoms with Crippen LogP contribution >= 0.6 is 0 Å². The van der Waals surface area contributed by atoms with Crippen molar-refractivity contribution in [3.8, 4) is 22.8 Å². The van der Waals surface area contributed by atoms with Gasteiger partial charge in [0.1, 0.15) is 0 Å². The summed E-state index contributed by atoms with van der Waals surface area (Å²) in [6.07, 6.45) is 6.70. The van der Waals surface area contributed by atoms with Crippen molar-refractivity contribution in [1.29, 1.82) is 0 Å². The van der Waals surface area contributed by atoms with Crippen LogP contribution in [-0.4, -0.2) is 30.4 Å². The summed E-state index contributed by atoms with van der Waals surface area (Å²) >= 11 is 0. The van der Waals surface area contributed by atoms with E-state index < -0.39 is 0 Å². The van der Waals surface area contributed by atoms with Crippen LogP contribution in [0.3, 0.4) is 0 Å². The molecule has 3 aromatic rings. The van der Waals surface area contributed by atoms with Crippen LogP contribution in [0.25, 0.3) is 22.8 Å². The zero-order chi connectivity index (χ0) is 12.2. The fourth-order valence-electron chi connectivity index (χ4n) is 1.46. The fraction of sp³-hybridized carbons (Fsp3) is 0. The zero-order valence-electron chi connectivity index (χ0n) is 9.30. The maximum absolute atomic E-state index is 4.05. The molecule has 0 saturated carbocycles. The normalized spacial score (nSPS) is 10.2. The molecule has 3 heterocycles. The fourth-order valence-corrected chi connectivity index (χ4v) is 1.46. The van der Waals surface area contributed by atoms with E-state index in [4.69, 9.17) is 0 Å². The Labute approximate surface area is 103 Å². The molecule has 6 nitrogen and oxygen atoms in total. The van der Waals surface area contributed by atoms with Gasteiger partial charge in [0.25, 0.3) is 0 Å². The molecule has 0 unspecified atom stereocenters. The van der Waals surface area contributed by atoms with Crippen molar-refractivity contribution in [3.05, 3.63) is 49.1 Å². The van der Waals surface area contributed by atoms with Crippen molar-refractivity contribution >= 4 is 0 Å². The van der Waals surface area contributed by atoms with Gasteiger partial charge in [-0.15, -0.1) is 20.4 Å². The average molecular weight is 236 g/mol. The highest BCUT2D eigenvalue weighted by atomic mass is 15.3. The van der Waals surface area contributed by atoms with E-state index in [1.807, 2.05) is 24.3 Å². The van der Waals surface area contributed by atoms with Gasteiger partial charge in [0, 0.05) is 35.9 Å². The van der Waals surface area contributed by atoms with Crippen molar-refractivity contribution in [1.82, 2.24) is 30.4 Å². The van der Waals surface area contributed by atoms with Gasteiger partial charge in [0.15, 0.2) is 0 Å². The lowest BCUT2D eigenvalue weighted by atomic mass is 10.2. The molecule has 0 fully saturated rings. The monoisotopic (exact) mass is 236 g/mol. The Bertz CT molecular complexity index is 565. The molecular weight excluding hydrogens is 228 g/mol. The Morgan fingerprint density at radius 2 is 0.833 bits per heavy atom. The van der Waals surface area contributed by atoms with E-state index in [0.29, 0.717) is 11.6 Å². The van der Waals surface area contributed by atoms with Gasteiger partial charge in [0.05, 0.1) is 0 Å². The number of hydrogen-bond donors (Lipinski definition) is 0. The largest absolute Gasteiger partial charge is 0.265 e. The first-order valence-electron chi connectivity index (χ1n) is 5.32. The number of aromatic nitrogens is 6. The summed E-state index contributed by atoms with van der Waals surface area (Å²) in [6, 6.07) is 7.24. The van der Waals surface area contributed by atoms with Crippen molar-refractivity contribution < 1.29 is 0 Å². The molecule has 3 rings (SSSR count). The minimum atomic E-state index is 0.482. The van der Waals surface area contributed by atoms with Gasteiger partial charge in [-0.25, -0.2) is 0 Å². The topological polar surface area (TPSA) is 77.3 Å². The molecule has 0 amide bonds. The lowest BCUT2D eigenvalue weighted by molar-refractivity contribution is 0.875. The van der Waals surface area contributed by atoms with E-state index in [1.165, 1.54) is 0 Å². The second-order valence-electron chi connectivity index (χ2n) is 3.52. The molecule has 0 saturated heterocycles. The quantitative estimate of drug-likeness (QED) is 0.669. The van der Waals surface area contributed by atoms with Crippen LogP contribution in [0.2, 0.25) is 0 Å². The number of pyridine rings is 2. The van der Waals surface area contributed by atoms with E-state index in [9.17, 15) is 0 Å². The van der Waals surface area contributed by atoms with Gasteiger partial charge in [-0.3, -0.25) is 9.97 Å². The van der Waals surface area contributed by atoms with Crippen molar-refractivity contribution in [2.45, 2.75) is 0 Å². The summed E-state index contributed by atoms with van der Waals surface area (Å²) in [6.45, 7) is 0. The van der Waals surface area contributed by atoms with Gasteiger partial charge in [-0.05, 0) is 24.3 Å². The maximum atomic E-state index is 4.05. The summed E-state index contributed by atoms with van der Waals surface area (Å²) in [7, 11) is 0.